The van der Waals surface area contributed by atoms with Gasteiger partial charge in [-0.15, -0.1) is 0 Å². The Hall–Kier alpha value is -2.43. The summed E-state index contributed by atoms with van der Waals surface area (Å²) in [5.41, 5.74) is 2.05. The predicted molar refractivity (Wildman–Crippen MR) is 75.9 cm³/mol. The van der Waals surface area contributed by atoms with Gasteiger partial charge in [-0.05, 0) is 37.6 Å². The van der Waals surface area contributed by atoms with Crippen molar-refractivity contribution in [2.45, 2.75) is 20.5 Å². The van der Waals surface area contributed by atoms with E-state index in [-0.39, 0.29) is 12.2 Å². The van der Waals surface area contributed by atoms with Crippen LogP contribution in [0.1, 0.15) is 23.6 Å². The maximum atomic E-state index is 13.6. The summed E-state index contributed by atoms with van der Waals surface area (Å²) in [6.07, 6.45) is 0. The third kappa shape index (κ3) is 3.37. The Morgan fingerprint density at radius 3 is 2.71 bits per heavy atom. The van der Waals surface area contributed by atoms with E-state index in [9.17, 15) is 8.78 Å². The van der Waals surface area contributed by atoms with Crippen molar-refractivity contribution in [3.63, 3.8) is 0 Å². The summed E-state index contributed by atoms with van der Waals surface area (Å²) in [7, 11) is 0. The molecule has 0 radical (unpaired) electrons. The summed E-state index contributed by atoms with van der Waals surface area (Å²) in [6.45, 7) is 3.39. The molecule has 2 aromatic rings. The zero-order chi connectivity index (χ0) is 15.4. The monoisotopic (exact) mass is 291 g/mol. The molecule has 0 spiro atoms. The topological polar surface area (TPSA) is 41.8 Å². The quantitative estimate of drug-likeness (QED) is 0.524. The fraction of sp³-hybridized carbons (Fsp3) is 0.188. The Bertz CT molecular complexity index is 684. The molecule has 2 rings (SSSR count). The molecule has 0 saturated carbocycles. The highest BCUT2D eigenvalue weighted by atomic mass is 19.2. The summed E-state index contributed by atoms with van der Waals surface area (Å²) in [4.78, 5) is 0. The molecule has 3 nitrogen and oxygen atoms in total. The molecule has 0 unspecified atom stereocenters. The minimum absolute atomic E-state index is 0.112. The first-order valence-corrected chi connectivity index (χ1v) is 6.38. The van der Waals surface area contributed by atoms with Gasteiger partial charge in [0.15, 0.2) is 11.6 Å². The molecule has 0 aliphatic rings. The van der Waals surface area contributed by atoms with Crippen molar-refractivity contribution >= 4 is 5.71 Å². The third-order valence-corrected chi connectivity index (χ3v) is 3.09. The molecule has 110 valence electrons. The summed E-state index contributed by atoms with van der Waals surface area (Å²) >= 11 is 0. The van der Waals surface area contributed by atoms with Gasteiger partial charge in [-0.3, -0.25) is 0 Å². The molecule has 0 heterocycles. The van der Waals surface area contributed by atoms with Crippen molar-refractivity contribution in [1.29, 1.82) is 0 Å². The van der Waals surface area contributed by atoms with Gasteiger partial charge in [0.1, 0.15) is 12.4 Å². The smallest absolute Gasteiger partial charge is 0.165 e. The van der Waals surface area contributed by atoms with Crippen LogP contribution in [0.4, 0.5) is 8.78 Å². The predicted octanol–water partition coefficient (Wildman–Crippen LogP) is 4.05. The highest BCUT2D eigenvalue weighted by molar-refractivity contribution is 6.00. The van der Waals surface area contributed by atoms with Gasteiger partial charge in [-0.2, -0.15) is 0 Å². The fourth-order valence-corrected chi connectivity index (χ4v) is 1.92. The van der Waals surface area contributed by atoms with Crippen molar-refractivity contribution in [2.24, 2.45) is 5.16 Å². The van der Waals surface area contributed by atoms with E-state index in [1.165, 1.54) is 12.1 Å². The van der Waals surface area contributed by atoms with E-state index in [4.69, 9.17) is 9.94 Å². The minimum Gasteiger partial charge on any atom is -0.488 e. The Morgan fingerprint density at radius 2 is 2.00 bits per heavy atom. The molecular weight excluding hydrogens is 276 g/mol. The lowest BCUT2D eigenvalue weighted by atomic mass is 10.1. The number of nitrogens with zero attached hydrogens (tertiary/aromatic N) is 1. The average Bonchev–Trinajstić information content (AvgIpc) is 2.48. The molecule has 21 heavy (non-hydrogen) atoms. The highest BCUT2D eigenvalue weighted by Crippen LogP contribution is 2.23. The van der Waals surface area contributed by atoms with Crippen LogP contribution in [0.5, 0.6) is 5.75 Å². The van der Waals surface area contributed by atoms with E-state index < -0.39 is 11.6 Å². The second kappa shape index (κ2) is 6.35. The van der Waals surface area contributed by atoms with E-state index >= 15 is 0 Å². The molecule has 0 aromatic heterocycles. The van der Waals surface area contributed by atoms with Crippen LogP contribution >= 0.6 is 0 Å². The molecule has 1 N–H and O–H groups in total. The van der Waals surface area contributed by atoms with Crippen molar-refractivity contribution in [3.05, 3.63) is 64.7 Å². The zero-order valence-corrected chi connectivity index (χ0v) is 11.7. The van der Waals surface area contributed by atoms with Gasteiger partial charge in [0, 0.05) is 11.1 Å². The van der Waals surface area contributed by atoms with Crippen LogP contribution < -0.4 is 4.74 Å². The summed E-state index contributed by atoms with van der Waals surface area (Å²) < 4.78 is 32.3. The van der Waals surface area contributed by atoms with E-state index in [0.717, 1.165) is 11.6 Å². The van der Waals surface area contributed by atoms with Crippen molar-refractivity contribution in [1.82, 2.24) is 0 Å². The molecule has 0 fully saturated rings. The van der Waals surface area contributed by atoms with Gasteiger partial charge < -0.3 is 9.94 Å². The lowest BCUT2D eigenvalue weighted by Crippen LogP contribution is -2.05. The number of hydrogen-bond acceptors (Lipinski definition) is 3. The molecule has 0 saturated heterocycles. The Morgan fingerprint density at radius 1 is 1.24 bits per heavy atom. The van der Waals surface area contributed by atoms with E-state index in [1.807, 2.05) is 13.0 Å². The van der Waals surface area contributed by atoms with Gasteiger partial charge in [0.05, 0.1) is 5.71 Å². The van der Waals surface area contributed by atoms with Crippen molar-refractivity contribution < 1.29 is 18.7 Å². The van der Waals surface area contributed by atoms with Gasteiger partial charge in [0.25, 0.3) is 0 Å². The Kier molecular flexibility index (Phi) is 4.52. The van der Waals surface area contributed by atoms with Crippen molar-refractivity contribution in [3.8, 4) is 5.75 Å². The molecule has 0 amide bonds. The van der Waals surface area contributed by atoms with Crippen LogP contribution in [-0.4, -0.2) is 10.9 Å². The Labute approximate surface area is 121 Å². The second-order valence-corrected chi connectivity index (χ2v) is 4.69. The van der Waals surface area contributed by atoms with Gasteiger partial charge in [-0.25, -0.2) is 8.78 Å². The number of benzene rings is 2. The highest BCUT2D eigenvalue weighted by Gasteiger charge is 2.11. The van der Waals surface area contributed by atoms with Crippen LogP contribution in [0.2, 0.25) is 0 Å². The van der Waals surface area contributed by atoms with E-state index in [0.29, 0.717) is 17.0 Å². The largest absolute Gasteiger partial charge is 0.488 e. The molecule has 0 bridgehead atoms. The molecular formula is C16H15F2NO2. The zero-order valence-electron chi connectivity index (χ0n) is 11.7. The number of rotatable bonds is 4. The van der Waals surface area contributed by atoms with Crippen LogP contribution in [0, 0.1) is 18.6 Å². The first kappa shape index (κ1) is 15.0. The SMILES string of the molecule is CC(=NO)c1ccc(C)cc1OCc1cccc(F)c1F. The Balaban J connectivity index is 2.27. The molecule has 5 heteroatoms. The number of hydrogen-bond donors (Lipinski definition) is 1. The molecule has 2 aromatic carbocycles. The normalized spacial score (nSPS) is 11.5. The van der Waals surface area contributed by atoms with Crippen molar-refractivity contribution in [2.75, 3.05) is 0 Å². The lowest BCUT2D eigenvalue weighted by molar-refractivity contribution is 0.295. The lowest BCUT2D eigenvalue weighted by Gasteiger charge is -2.12. The van der Waals surface area contributed by atoms with Crippen LogP contribution in [0.15, 0.2) is 41.6 Å². The molecule has 0 aliphatic heterocycles. The minimum atomic E-state index is -0.917. The number of oxime groups is 1. The van der Waals surface area contributed by atoms with Crippen LogP contribution in [-0.2, 0) is 6.61 Å². The fourth-order valence-electron chi connectivity index (χ4n) is 1.92. The van der Waals surface area contributed by atoms with Crippen LogP contribution in [0.25, 0.3) is 0 Å². The standard InChI is InChI=1S/C16H15F2NO2/c1-10-6-7-13(11(2)19-20)15(8-10)21-9-12-4-3-5-14(17)16(12)18/h3-8,20H,9H2,1-2H3. The number of aryl methyl sites for hydroxylation is 1. The maximum Gasteiger partial charge on any atom is 0.165 e. The van der Waals surface area contributed by atoms with E-state index in [1.54, 1.807) is 19.1 Å². The third-order valence-electron chi connectivity index (χ3n) is 3.09. The maximum absolute atomic E-state index is 13.6. The van der Waals surface area contributed by atoms with Gasteiger partial charge >= 0.3 is 0 Å². The number of ether oxygens (including phenoxy) is 1. The summed E-state index contributed by atoms with van der Waals surface area (Å²) in [6, 6.07) is 9.29. The molecule has 0 atom stereocenters. The molecule has 0 aliphatic carbocycles. The number of halogens is 2. The van der Waals surface area contributed by atoms with Crippen LogP contribution in [0.3, 0.4) is 0 Å². The van der Waals surface area contributed by atoms with Gasteiger partial charge in [-0.1, -0.05) is 23.4 Å². The average molecular weight is 291 g/mol. The second-order valence-electron chi connectivity index (χ2n) is 4.69. The first-order valence-electron chi connectivity index (χ1n) is 6.38. The first-order chi connectivity index (χ1) is 10.0. The summed E-state index contributed by atoms with van der Waals surface area (Å²) in [5, 5.41) is 12.0. The van der Waals surface area contributed by atoms with Gasteiger partial charge in [0.2, 0.25) is 0 Å². The summed E-state index contributed by atoms with van der Waals surface area (Å²) in [5.74, 6) is -1.37. The van der Waals surface area contributed by atoms with E-state index in [2.05, 4.69) is 5.16 Å².